The third kappa shape index (κ3) is 4.81. The third-order valence-electron chi connectivity index (χ3n) is 4.90. The van der Waals surface area contributed by atoms with Crippen molar-refractivity contribution in [1.29, 1.82) is 0 Å². The molecule has 1 atom stereocenters. The summed E-state index contributed by atoms with van der Waals surface area (Å²) in [5.74, 6) is -0.806. The van der Waals surface area contributed by atoms with Gasteiger partial charge < -0.3 is 9.47 Å². The lowest BCUT2D eigenvalue weighted by Crippen LogP contribution is -2.42. The molecule has 0 N–H and O–H groups in total. The summed E-state index contributed by atoms with van der Waals surface area (Å²) >= 11 is 0. The van der Waals surface area contributed by atoms with E-state index in [1.807, 2.05) is 0 Å². The second-order valence-electron chi connectivity index (χ2n) is 7.00. The molecule has 0 aliphatic carbocycles. The van der Waals surface area contributed by atoms with Crippen LogP contribution in [0.15, 0.2) is 23.3 Å². The number of ketones is 1. The van der Waals surface area contributed by atoms with Crippen molar-refractivity contribution in [1.82, 2.24) is 5.01 Å². The Morgan fingerprint density at radius 1 is 1.28 bits per heavy atom. The second kappa shape index (κ2) is 8.32. The highest BCUT2D eigenvalue weighted by Crippen LogP contribution is 2.24. The summed E-state index contributed by atoms with van der Waals surface area (Å²) in [6.45, 7) is 1.30. The second-order valence-corrected chi connectivity index (χ2v) is 9.23. The van der Waals surface area contributed by atoms with Crippen molar-refractivity contribution in [2.75, 3.05) is 18.6 Å². The molecule has 2 aliphatic heterocycles. The Balaban J connectivity index is 1.72. The first-order chi connectivity index (χ1) is 13.7. The zero-order valence-electron chi connectivity index (χ0n) is 16.2. The summed E-state index contributed by atoms with van der Waals surface area (Å²) in [6, 6.07) is 4.29. The first-order valence-electron chi connectivity index (χ1n) is 9.15. The Hall–Kier alpha value is -2.75. The topological polar surface area (TPSA) is 119 Å². The number of carbonyl (C=O) groups excluding carboxylic acids is 3. The zero-order valence-corrected chi connectivity index (χ0v) is 17.0. The maximum absolute atomic E-state index is 12.5. The summed E-state index contributed by atoms with van der Waals surface area (Å²) in [7, 11) is -1.72. The Morgan fingerprint density at radius 3 is 2.66 bits per heavy atom. The van der Waals surface area contributed by atoms with E-state index in [2.05, 4.69) is 5.10 Å². The van der Waals surface area contributed by atoms with E-state index in [0.717, 1.165) is 5.01 Å². The number of sulfone groups is 1. The van der Waals surface area contributed by atoms with Crippen LogP contribution in [0.3, 0.4) is 0 Å². The summed E-state index contributed by atoms with van der Waals surface area (Å²) in [4.78, 5) is 36.2. The van der Waals surface area contributed by atoms with Gasteiger partial charge in [0.25, 0.3) is 0 Å². The van der Waals surface area contributed by atoms with Gasteiger partial charge >= 0.3 is 5.97 Å². The number of esters is 1. The molecule has 2 heterocycles. The minimum absolute atomic E-state index is 0.00301. The van der Waals surface area contributed by atoms with Crippen molar-refractivity contribution < 1.29 is 32.3 Å². The lowest BCUT2D eigenvalue weighted by Gasteiger charge is -2.27. The van der Waals surface area contributed by atoms with Crippen molar-refractivity contribution in [2.45, 2.75) is 38.8 Å². The highest BCUT2D eigenvalue weighted by atomic mass is 32.2. The molecular formula is C19H22N2O7S. The molecule has 3 rings (SSSR count). The maximum Gasteiger partial charge on any atom is 0.354 e. The highest BCUT2D eigenvalue weighted by Gasteiger charge is 2.37. The van der Waals surface area contributed by atoms with E-state index < -0.39 is 21.8 Å². The predicted molar refractivity (Wildman–Crippen MR) is 103 cm³/mol. The number of hydrogen-bond donors (Lipinski definition) is 0. The molecule has 0 spiro atoms. The lowest BCUT2D eigenvalue weighted by atomic mass is 10.1. The van der Waals surface area contributed by atoms with Crippen LogP contribution in [0.5, 0.6) is 5.75 Å². The SMILES string of the molecule is COc1ccc(C(C)=O)cc1COC(=O)C1=NN(C2CCS(=O)(=O)C2)C(=O)CC1. The Labute approximate surface area is 168 Å². The molecule has 9 nitrogen and oxygen atoms in total. The van der Waals surface area contributed by atoms with Gasteiger partial charge in [-0.25, -0.2) is 18.2 Å². The summed E-state index contributed by atoms with van der Waals surface area (Å²) < 4.78 is 33.9. The van der Waals surface area contributed by atoms with Crippen molar-refractivity contribution in [2.24, 2.45) is 5.10 Å². The molecular weight excluding hydrogens is 400 g/mol. The largest absolute Gasteiger partial charge is 0.496 e. The fourth-order valence-electron chi connectivity index (χ4n) is 3.31. The molecule has 0 saturated carbocycles. The van der Waals surface area contributed by atoms with Gasteiger partial charge in [-0.15, -0.1) is 0 Å². The van der Waals surface area contributed by atoms with E-state index in [-0.39, 0.29) is 48.4 Å². The van der Waals surface area contributed by atoms with Crippen LogP contribution in [0.1, 0.15) is 42.1 Å². The first kappa shape index (κ1) is 21.0. The van der Waals surface area contributed by atoms with E-state index in [9.17, 15) is 22.8 Å². The van der Waals surface area contributed by atoms with Crippen LogP contribution in [0.4, 0.5) is 0 Å². The molecule has 1 saturated heterocycles. The van der Waals surface area contributed by atoms with Gasteiger partial charge in [-0.1, -0.05) is 0 Å². The molecule has 2 aliphatic rings. The number of hydrazone groups is 1. The Morgan fingerprint density at radius 2 is 2.03 bits per heavy atom. The van der Waals surface area contributed by atoms with Crippen molar-refractivity contribution in [3.8, 4) is 5.75 Å². The Bertz CT molecular complexity index is 984. The van der Waals surface area contributed by atoms with Gasteiger partial charge in [0.2, 0.25) is 5.91 Å². The van der Waals surface area contributed by atoms with Crippen molar-refractivity contribution >= 4 is 33.2 Å². The highest BCUT2D eigenvalue weighted by molar-refractivity contribution is 7.91. The van der Waals surface area contributed by atoms with E-state index in [1.165, 1.54) is 14.0 Å². The molecule has 1 unspecified atom stereocenters. The number of hydrogen-bond acceptors (Lipinski definition) is 8. The van der Waals surface area contributed by atoms with Crippen molar-refractivity contribution in [3.63, 3.8) is 0 Å². The fourth-order valence-corrected chi connectivity index (χ4v) is 5.00. The molecule has 10 heteroatoms. The van der Waals surface area contributed by atoms with Gasteiger partial charge in [-0.2, -0.15) is 5.10 Å². The predicted octanol–water partition coefficient (Wildman–Crippen LogP) is 1.11. The van der Waals surface area contributed by atoms with Crippen molar-refractivity contribution in [3.05, 3.63) is 29.3 Å². The van der Waals surface area contributed by atoms with E-state index in [1.54, 1.807) is 18.2 Å². The smallest absolute Gasteiger partial charge is 0.354 e. The van der Waals surface area contributed by atoms with Gasteiger partial charge in [0.05, 0.1) is 24.7 Å². The average Bonchev–Trinajstić information content (AvgIpc) is 3.05. The minimum atomic E-state index is -3.19. The quantitative estimate of drug-likeness (QED) is 0.497. The number of rotatable bonds is 6. The molecule has 29 heavy (non-hydrogen) atoms. The van der Waals surface area contributed by atoms with E-state index >= 15 is 0 Å². The Kier molecular flexibility index (Phi) is 6.02. The van der Waals surface area contributed by atoms with Gasteiger partial charge in [0.15, 0.2) is 15.6 Å². The molecule has 156 valence electrons. The summed E-state index contributed by atoms with van der Waals surface area (Å²) in [6.07, 6.45) is 0.487. The monoisotopic (exact) mass is 422 g/mol. The maximum atomic E-state index is 12.5. The van der Waals surface area contributed by atoms with Crippen LogP contribution in [0.25, 0.3) is 0 Å². The molecule has 1 aromatic carbocycles. The number of methoxy groups -OCH3 is 1. The summed E-state index contributed by atoms with van der Waals surface area (Å²) in [5, 5.41) is 5.20. The van der Waals surface area contributed by atoms with Gasteiger partial charge in [0, 0.05) is 24.0 Å². The number of Topliss-reactive ketones (excluding diaryl/α,β-unsaturated/α-hetero) is 1. The molecule has 0 aromatic heterocycles. The normalized spacial score (nSPS) is 20.9. The lowest BCUT2D eigenvalue weighted by molar-refractivity contribution is -0.138. The van der Waals surface area contributed by atoms with E-state index in [0.29, 0.717) is 23.3 Å². The standard InChI is InChI=1S/C19H22N2O7S/c1-12(22)13-3-5-17(27-2)14(9-13)10-28-19(24)16-4-6-18(23)21(20-16)15-7-8-29(25,26)11-15/h3,5,9,15H,4,6-8,10-11H2,1-2H3. The minimum Gasteiger partial charge on any atom is -0.496 e. The molecule has 0 radical (unpaired) electrons. The van der Waals surface area contributed by atoms with Crippen LogP contribution in [0.2, 0.25) is 0 Å². The van der Waals surface area contributed by atoms with E-state index in [4.69, 9.17) is 9.47 Å². The van der Waals surface area contributed by atoms with Gasteiger partial charge in [-0.05, 0) is 31.5 Å². The molecule has 1 aromatic rings. The molecule has 0 bridgehead atoms. The zero-order chi connectivity index (χ0) is 21.2. The van der Waals surface area contributed by atoms with Crippen LogP contribution in [-0.2, 0) is 30.8 Å². The van der Waals surface area contributed by atoms with Gasteiger partial charge in [-0.3, -0.25) is 9.59 Å². The van der Waals surface area contributed by atoms with Crippen LogP contribution < -0.4 is 4.74 Å². The number of benzene rings is 1. The van der Waals surface area contributed by atoms with Crippen LogP contribution >= 0.6 is 0 Å². The molecule has 1 amide bonds. The third-order valence-corrected chi connectivity index (χ3v) is 6.65. The average molecular weight is 422 g/mol. The number of carbonyl (C=O) groups is 3. The fraction of sp³-hybridized carbons (Fsp3) is 0.474. The number of ether oxygens (including phenoxy) is 2. The first-order valence-corrected chi connectivity index (χ1v) is 11.0. The number of nitrogens with zero attached hydrogens (tertiary/aromatic N) is 2. The number of amides is 1. The summed E-state index contributed by atoms with van der Waals surface area (Å²) in [5.41, 5.74) is 1.06. The van der Waals surface area contributed by atoms with Crippen LogP contribution in [-0.4, -0.2) is 61.5 Å². The van der Waals surface area contributed by atoms with Gasteiger partial charge in [0.1, 0.15) is 18.1 Å². The van der Waals surface area contributed by atoms with Crippen LogP contribution in [0, 0.1) is 0 Å². The molecule has 1 fully saturated rings.